The molecular formula is C7H5Cl3N4OS. The number of aryl methyl sites for hydroxylation is 1. The molecule has 1 amide bonds. The lowest BCUT2D eigenvalue weighted by atomic mass is 10.6. The normalized spacial score (nSPS) is 12.0. The lowest BCUT2D eigenvalue weighted by molar-refractivity contribution is -0.115. The minimum atomic E-state index is -2.02. The summed E-state index contributed by atoms with van der Waals surface area (Å²) in [6, 6.07) is 0. The van der Waals surface area contributed by atoms with Gasteiger partial charge in [-0.2, -0.15) is 4.98 Å². The second-order valence-electron chi connectivity index (χ2n) is 2.96. The second kappa shape index (κ2) is 4.03. The zero-order chi connectivity index (χ0) is 11.9. The topological polar surface area (TPSA) is 59.3 Å². The van der Waals surface area contributed by atoms with Gasteiger partial charge in [-0.1, -0.05) is 34.8 Å². The molecule has 0 aliphatic heterocycles. The van der Waals surface area contributed by atoms with E-state index in [2.05, 4.69) is 15.4 Å². The Hall–Kier alpha value is -0.560. The van der Waals surface area contributed by atoms with Crippen molar-refractivity contribution in [3.05, 3.63) is 11.1 Å². The third-order valence-corrected chi connectivity index (χ3v) is 3.18. The van der Waals surface area contributed by atoms with Gasteiger partial charge < -0.3 is 0 Å². The molecule has 0 radical (unpaired) electrons. The van der Waals surface area contributed by atoms with E-state index in [0.717, 1.165) is 5.69 Å². The first-order chi connectivity index (χ1) is 7.38. The number of hydrogen-bond acceptors (Lipinski definition) is 4. The van der Waals surface area contributed by atoms with Crippen LogP contribution in [0.5, 0.6) is 0 Å². The molecule has 2 aromatic rings. The molecule has 2 heterocycles. The Labute approximate surface area is 109 Å². The molecule has 16 heavy (non-hydrogen) atoms. The number of fused-ring (bicyclic) bond motifs is 1. The number of rotatable bonds is 1. The van der Waals surface area contributed by atoms with Crippen LogP contribution >= 0.6 is 46.1 Å². The average molecular weight is 300 g/mol. The van der Waals surface area contributed by atoms with Crippen LogP contribution in [0.15, 0.2) is 5.38 Å². The number of hydrogen-bond donors (Lipinski definition) is 1. The number of aromatic nitrogens is 3. The third kappa shape index (κ3) is 2.24. The highest BCUT2D eigenvalue weighted by molar-refractivity contribution is 7.15. The minimum Gasteiger partial charge on any atom is -0.289 e. The molecule has 0 saturated carbocycles. The molecule has 2 rings (SSSR count). The van der Waals surface area contributed by atoms with Crippen molar-refractivity contribution in [1.82, 2.24) is 14.6 Å². The molecule has 0 aromatic carbocycles. The molecule has 0 aliphatic carbocycles. The van der Waals surface area contributed by atoms with E-state index in [-0.39, 0.29) is 5.95 Å². The fourth-order valence-corrected chi connectivity index (χ4v) is 1.96. The Kier molecular flexibility index (Phi) is 3.00. The van der Waals surface area contributed by atoms with E-state index in [1.165, 1.54) is 11.3 Å². The highest BCUT2D eigenvalue weighted by Gasteiger charge is 2.31. The summed E-state index contributed by atoms with van der Waals surface area (Å²) in [5, 5.41) is 8.25. The van der Waals surface area contributed by atoms with Crippen molar-refractivity contribution < 1.29 is 4.79 Å². The number of carbonyl (C=O) groups is 1. The van der Waals surface area contributed by atoms with Crippen LogP contribution in [0.4, 0.5) is 5.95 Å². The van der Waals surface area contributed by atoms with Gasteiger partial charge in [0, 0.05) is 5.38 Å². The first-order valence-electron chi connectivity index (χ1n) is 4.07. The van der Waals surface area contributed by atoms with Gasteiger partial charge in [-0.15, -0.1) is 16.4 Å². The van der Waals surface area contributed by atoms with Crippen molar-refractivity contribution in [1.29, 1.82) is 0 Å². The Balaban J connectivity index is 2.25. The average Bonchev–Trinajstić information content (AvgIpc) is 2.67. The van der Waals surface area contributed by atoms with Crippen LogP contribution in [-0.4, -0.2) is 24.3 Å². The van der Waals surface area contributed by atoms with Crippen molar-refractivity contribution >= 4 is 63.0 Å². The Morgan fingerprint density at radius 2 is 2.25 bits per heavy atom. The van der Waals surface area contributed by atoms with Crippen LogP contribution < -0.4 is 5.32 Å². The van der Waals surface area contributed by atoms with Crippen molar-refractivity contribution in [2.45, 2.75) is 10.7 Å². The smallest absolute Gasteiger partial charge is 0.278 e. The molecule has 0 bridgehead atoms. The number of alkyl halides is 3. The highest BCUT2D eigenvalue weighted by atomic mass is 35.6. The fraction of sp³-hybridized carbons (Fsp3) is 0.286. The number of halogens is 3. The Morgan fingerprint density at radius 1 is 1.56 bits per heavy atom. The molecule has 86 valence electrons. The summed E-state index contributed by atoms with van der Waals surface area (Å²) in [6.45, 7) is 1.87. The van der Waals surface area contributed by atoms with Crippen molar-refractivity contribution in [3.63, 3.8) is 0 Å². The first-order valence-corrected chi connectivity index (χ1v) is 6.08. The second-order valence-corrected chi connectivity index (χ2v) is 6.08. The summed E-state index contributed by atoms with van der Waals surface area (Å²) in [4.78, 5) is 16.0. The van der Waals surface area contributed by atoms with E-state index < -0.39 is 9.70 Å². The molecule has 0 saturated heterocycles. The molecule has 0 atom stereocenters. The number of nitrogens with one attached hydrogen (secondary N) is 1. The molecule has 9 heteroatoms. The number of amides is 1. The van der Waals surface area contributed by atoms with E-state index in [4.69, 9.17) is 34.8 Å². The molecule has 5 nitrogen and oxygen atoms in total. The van der Waals surface area contributed by atoms with E-state index in [1.54, 1.807) is 4.52 Å². The lowest BCUT2D eigenvalue weighted by Crippen LogP contribution is -2.27. The predicted molar refractivity (Wildman–Crippen MR) is 64.5 cm³/mol. The van der Waals surface area contributed by atoms with Crippen molar-refractivity contribution in [2.75, 3.05) is 5.32 Å². The SMILES string of the molecule is Cc1csc2nc(NC(=O)C(Cl)(Cl)Cl)nn12. The van der Waals surface area contributed by atoms with Crippen LogP contribution in [0.3, 0.4) is 0 Å². The van der Waals surface area contributed by atoms with Gasteiger partial charge in [-0.05, 0) is 6.92 Å². The van der Waals surface area contributed by atoms with Gasteiger partial charge in [0.25, 0.3) is 15.6 Å². The number of anilines is 1. The van der Waals surface area contributed by atoms with Gasteiger partial charge in [-0.3, -0.25) is 10.1 Å². The van der Waals surface area contributed by atoms with Gasteiger partial charge in [0.1, 0.15) is 0 Å². The molecule has 0 fully saturated rings. The van der Waals surface area contributed by atoms with Gasteiger partial charge in [-0.25, -0.2) is 4.52 Å². The van der Waals surface area contributed by atoms with Gasteiger partial charge >= 0.3 is 0 Å². The van der Waals surface area contributed by atoms with Gasteiger partial charge in [0.05, 0.1) is 5.69 Å². The standard InChI is InChI=1S/C7H5Cl3N4OS/c1-3-2-16-6-12-5(13-14(3)6)11-4(15)7(8,9)10/h2H,1H3,(H,11,13,15). The van der Waals surface area contributed by atoms with Gasteiger partial charge in [0.2, 0.25) is 4.96 Å². The molecule has 2 aromatic heterocycles. The molecule has 1 N–H and O–H groups in total. The Morgan fingerprint density at radius 3 is 2.81 bits per heavy atom. The predicted octanol–water partition coefficient (Wildman–Crippen LogP) is 2.41. The third-order valence-electron chi connectivity index (χ3n) is 1.73. The summed E-state index contributed by atoms with van der Waals surface area (Å²) in [5.41, 5.74) is 0.918. The fourth-order valence-electron chi connectivity index (χ4n) is 1.02. The summed E-state index contributed by atoms with van der Waals surface area (Å²) >= 11 is 17.6. The van der Waals surface area contributed by atoms with Crippen LogP contribution in [0.2, 0.25) is 0 Å². The maximum Gasteiger partial charge on any atom is 0.278 e. The molecule has 0 unspecified atom stereocenters. The zero-order valence-electron chi connectivity index (χ0n) is 7.87. The zero-order valence-corrected chi connectivity index (χ0v) is 11.0. The van der Waals surface area contributed by atoms with Crippen LogP contribution in [-0.2, 0) is 4.79 Å². The van der Waals surface area contributed by atoms with Crippen molar-refractivity contribution in [3.8, 4) is 0 Å². The number of thiazole rings is 1. The minimum absolute atomic E-state index is 0.117. The maximum absolute atomic E-state index is 11.3. The monoisotopic (exact) mass is 298 g/mol. The number of nitrogens with zero attached hydrogens (tertiary/aromatic N) is 3. The highest BCUT2D eigenvalue weighted by Crippen LogP contribution is 2.27. The van der Waals surface area contributed by atoms with E-state index in [9.17, 15) is 4.79 Å². The lowest BCUT2D eigenvalue weighted by Gasteiger charge is -2.07. The largest absolute Gasteiger partial charge is 0.289 e. The Bertz CT molecular complexity index is 543. The summed E-state index contributed by atoms with van der Waals surface area (Å²) in [5.74, 6) is -0.667. The van der Waals surface area contributed by atoms with Crippen LogP contribution in [0.1, 0.15) is 5.69 Å². The summed E-state index contributed by atoms with van der Waals surface area (Å²) < 4.78 is -0.424. The number of carbonyl (C=O) groups excluding carboxylic acids is 1. The van der Waals surface area contributed by atoms with E-state index in [1.807, 2.05) is 12.3 Å². The maximum atomic E-state index is 11.3. The van der Waals surface area contributed by atoms with Crippen LogP contribution in [0.25, 0.3) is 4.96 Å². The van der Waals surface area contributed by atoms with E-state index >= 15 is 0 Å². The molecular weight excluding hydrogens is 295 g/mol. The van der Waals surface area contributed by atoms with Gasteiger partial charge in [0.15, 0.2) is 0 Å². The van der Waals surface area contributed by atoms with Crippen molar-refractivity contribution in [2.24, 2.45) is 0 Å². The quantitative estimate of drug-likeness (QED) is 0.823. The molecule has 0 spiro atoms. The van der Waals surface area contributed by atoms with Crippen LogP contribution in [0, 0.1) is 6.92 Å². The molecule has 0 aliphatic rings. The van der Waals surface area contributed by atoms with E-state index in [0.29, 0.717) is 4.96 Å². The summed E-state index contributed by atoms with van der Waals surface area (Å²) in [6.07, 6.45) is 0. The first kappa shape index (κ1) is 11.9. The summed E-state index contributed by atoms with van der Waals surface area (Å²) in [7, 11) is 0.